The van der Waals surface area contributed by atoms with E-state index in [0.717, 1.165) is 12.5 Å². The van der Waals surface area contributed by atoms with Crippen LogP contribution in [0, 0.1) is 5.92 Å². The molecule has 0 bridgehead atoms. The topological polar surface area (TPSA) is 12.0 Å². The average Bonchev–Trinajstić information content (AvgIpc) is 2.17. The molecule has 0 rings (SSSR count). The van der Waals surface area contributed by atoms with Crippen LogP contribution in [0.1, 0.15) is 53.4 Å². The Balaban J connectivity index is 3.59. The maximum Gasteiger partial charge on any atom is 0.0172 e. The Morgan fingerprint density at radius 1 is 1.38 bits per heavy atom. The molecule has 1 nitrogen and oxygen atoms in total. The SMILES string of the molecule is C/C=C(\C)NCC(CC)CCCC. The van der Waals surface area contributed by atoms with Crippen molar-refractivity contribution >= 4 is 0 Å². The lowest BCUT2D eigenvalue weighted by atomic mass is 9.99. The van der Waals surface area contributed by atoms with Crippen molar-refractivity contribution in [3.05, 3.63) is 11.8 Å². The Bertz CT molecular complexity index is 138. The van der Waals surface area contributed by atoms with Crippen LogP contribution in [0.3, 0.4) is 0 Å². The quantitative estimate of drug-likeness (QED) is 0.634. The fraction of sp³-hybridized carbons (Fsp3) is 0.833. The van der Waals surface area contributed by atoms with Crippen LogP contribution in [0.25, 0.3) is 0 Å². The molecule has 0 aliphatic heterocycles. The van der Waals surface area contributed by atoms with E-state index in [1.165, 1.54) is 31.4 Å². The smallest absolute Gasteiger partial charge is 0.0172 e. The lowest BCUT2D eigenvalue weighted by Gasteiger charge is -2.16. The van der Waals surface area contributed by atoms with Crippen molar-refractivity contribution < 1.29 is 0 Å². The zero-order valence-corrected chi connectivity index (χ0v) is 9.69. The molecule has 0 aromatic rings. The molecular weight excluding hydrogens is 158 g/mol. The van der Waals surface area contributed by atoms with Crippen molar-refractivity contribution in [3.8, 4) is 0 Å². The van der Waals surface area contributed by atoms with Gasteiger partial charge in [0.2, 0.25) is 0 Å². The minimum Gasteiger partial charge on any atom is -0.389 e. The van der Waals surface area contributed by atoms with Gasteiger partial charge in [0.25, 0.3) is 0 Å². The molecule has 0 spiro atoms. The van der Waals surface area contributed by atoms with Crippen LogP contribution in [0.15, 0.2) is 11.8 Å². The van der Waals surface area contributed by atoms with Gasteiger partial charge in [0.1, 0.15) is 0 Å². The first-order chi connectivity index (χ1) is 6.24. The minimum atomic E-state index is 0.856. The zero-order chi connectivity index (χ0) is 10.1. The molecule has 0 aliphatic rings. The summed E-state index contributed by atoms with van der Waals surface area (Å²) in [5.74, 6) is 0.856. The summed E-state index contributed by atoms with van der Waals surface area (Å²) >= 11 is 0. The predicted octanol–water partition coefficient (Wildman–Crippen LogP) is 3.72. The Morgan fingerprint density at radius 2 is 2.08 bits per heavy atom. The van der Waals surface area contributed by atoms with Gasteiger partial charge in [-0.3, -0.25) is 0 Å². The number of rotatable bonds is 7. The van der Waals surface area contributed by atoms with Crippen LogP contribution in [0.4, 0.5) is 0 Å². The molecule has 0 radical (unpaired) electrons. The molecule has 0 saturated heterocycles. The van der Waals surface area contributed by atoms with Gasteiger partial charge in [-0.05, 0) is 26.2 Å². The fourth-order valence-electron chi connectivity index (χ4n) is 1.35. The van der Waals surface area contributed by atoms with Crippen LogP contribution in [-0.2, 0) is 0 Å². The molecule has 1 atom stereocenters. The summed E-state index contributed by atoms with van der Waals surface area (Å²) in [5, 5.41) is 3.45. The molecule has 0 saturated carbocycles. The molecule has 0 heterocycles. The third-order valence-corrected chi connectivity index (χ3v) is 2.65. The Morgan fingerprint density at radius 3 is 2.54 bits per heavy atom. The molecule has 1 heteroatoms. The number of allylic oxidation sites excluding steroid dienone is 2. The summed E-state index contributed by atoms with van der Waals surface area (Å²) in [7, 11) is 0. The van der Waals surface area contributed by atoms with Crippen molar-refractivity contribution in [3.63, 3.8) is 0 Å². The van der Waals surface area contributed by atoms with Gasteiger partial charge in [-0.15, -0.1) is 0 Å². The molecule has 0 amide bonds. The van der Waals surface area contributed by atoms with Gasteiger partial charge in [-0.25, -0.2) is 0 Å². The highest BCUT2D eigenvalue weighted by atomic mass is 14.9. The van der Waals surface area contributed by atoms with E-state index in [0.29, 0.717) is 0 Å². The summed E-state index contributed by atoms with van der Waals surface area (Å²) < 4.78 is 0. The van der Waals surface area contributed by atoms with Gasteiger partial charge in [0, 0.05) is 12.2 Å². The second-order valence-corrected chi connectivity index (χ2v) is 3.77. The second-order valence-electron chi connectivity index (χ2n) is 3.77. The maximum absolute atomic E-state index is 3.45. The van der Waals surface area contributed by atoms with E-state index in [4.69, 9.17) is 0 Å². The molecule has 13 heavy (non-hydrogen) atoms. The normalized spacial score (nSPS) is 14.3. The van der Waals surface area contributed by atoms with Gasteiger partial charge >= 0.3 is 0 Å². The number of hydrogen-bond acceptors (Lipinski definition) is 1. The molecule has 78 valence electrons. The van der Waals surface area contributed by atoms with Crippen molar-refractivity contribution in [2.45, 2.75) is 53.4 Å². The average molecular weight is 183 g/mol. The van der Waals surface area contributed by atoms with Crippen LogP contribution < -0.4 is 5.32 Å². The zero-order valence-electron chi connectivity index (χ0n) is 9.69. The maximum atomic E-state index is 3.45. The monoisotopic (exact) mass is 183 g/mol. The van der Waals surface area contributed by atoms with Crippen LogP contribution in [-0.4, -0.2) is 6.54 Å². The molecular formula is C12H25N. The van der Waals surface area contributed by atoms with Gasteiger partial charge in [-0.2, -0.15) is 0 Å². The molecule has 1 N–H and O–H groups in total. The number of hydrogen-bond donors (Lipinski definition) is 1. The van der Waals surface area contributed by atoms with E-state index >= 15 is 0 Å². The van der Waals surface area contributed by atoms with Crippen molar-refractivity contribution in [1.82, 2.24) is 5.32 Å². The van der Waals surface area contributed by atoms with E-state index in [-0.39, 0.29) is 0 Å². The molecule has 0 fully saturated rings. The Kier molecular flexibility index (Phi) is 7.86. The van der Waals surface area contributed by atoms with Crippen molar-refractivity contribution in [1.29, 1.82) is 0 Å². The number of unbranched alkanes of at least 4 members (excludes halogenated alkanes) is 1. The molecule has 0 aromatic carbocycles. The molecule has 0 aliphatic carbocycles. The molecule has 0 aromatic heterocycles. The van der Waals surface area contributed by atoms with Crippen molar-refractivity contribution in [2.75, 3.05) is 6.54 Å². The van der Waals surface area contributed by atoms with E-state index in [1.807, 2.05) is 0 Å². The summed E-state index contributed by atoms with van der Waals surface area (Å²) in [6.45, 7) is 9.90. The lowest BCUT2D eigenvalue weighted by Crippen LogP contribution is -2.20. The van der Waals surface area contributed by atoms with Crippen LogP contribution in [0.5, 0.6) is 0 Å². The van der Waals surface area contributed by atoms with E-state index < -0.39 is 0 Å². The van der Waals surface area contributed by atoms with Gasteiger partial charge in [-0.1, -0.05) is 39.2 Å². The fourth-order valence-corrected chi connectivity index (χ4v) is 1.35. The lowest BCUT2D eigenvalue weighted by molar-refractivity contribution is 0.435. The predicted molar refractivity (Wildman–Crippen MR) is 60.7 cm³/mol. The second kappa shape index (κ2) is 8.15. The largest absolute Gasteiger partial charge is 0.389 e. The van der Waals surface area contributed by atoms with Crippen molar-refractivity contribution in [2.24, 2.45) is 5.92 Å². The summed E-state index contributed by atoms with van der Waals surface area (Å²) in [6, 6.07) is 0. The van der Waals surface area contributed by atoms with Crippen LogP contribution >= 0.6 is 0 Å². The van der Waals surface area contributed by atoms with E-state index in [9.17, 15) is 0 Å². The molecule has 1 unspecified atom stereocenters. The van der Waals surface area contributed by atoms with E-state index in [1.54, 1.807) is 0 Å². The first-order valence-corrected chi connectivity index (χ1v) is 5.61. The first kappa shape index (κ1) is 12.5. The highest BCUT2D eigenvalue weighted by Crippen LogP contribution is 2.11. The van der Waals surface area contributed by atoms with Crippen LogP contribution in [0.2, 0.25) is 0 Å². The Labute approximate surface area is 83.6 Å². The van der Waals surface area contributed by atoms with Gasteiger partial charge < -0.3 is 5.32 Å². The number of nitrogens with one attached hydrogen (secondary N) is 1. The third-order valence-electron chi connectivity index (χ3n) is 2.65. The minimum absolute atomic E-state index is 0.856. The third kappa shape index (κ3) is 6.68. The summed E-state index contributed by atoms with van der Waals surface area (Å²) in [6.07, 6.45) is 7.49. The first-order valence-electron chi connectivity index (χ1n) is 5.61. The summed E-state index contributed by atoms with van der Waals surface area (Å²) in [4.78, 5) is 0. The van der Waals surface area contributed by atoms with Gasteiger partial charge in [0.05, 0.1) is 0 Å². The highest BCUT2D eigenvalue weighted by molar-refractivity contribution is 4.92. The summed E-state index contributed by atoms with van der Waals surface area (Å²) in [5.41, 5.74) is 1.30. The Hall–Kier alpha value is -0.460. The highest BCUT2D eigenvalue weighted by Gasteiger charge is 2.04. The van der Waals surface area contributed by atoms with Gasteiger partial charge in [0.15, 0.2) is 0 Å². The van der Waals surface area contributed by atoms with E-state index in [2.05, 4.69) is 39.1 Å². The standard InChI is InChI=1S/C12H25N/c1-5-8-9-12(7-3)10-13-11(4)6-2/h6,12-13H,5,7-10H2,1-4H3/b11-6+.